The van der Waals surface area contributed by atoms with E-state index in [9.17, 15) is 8.42 Å². The Morgan fingerprint density at radius 2 is 1.64 bits per heavy atom. The molecule has 0 saturated carbocycles. The number of piperidine rings is 1. The molecule has 5 nitrogen and oxygen atoms in total. The van der Waals surface area contributed by atoms with Crippen molar-refractivity contribution in [1.82, 2.24) is 4.31 Å². The lowest BCUT2D eigenvalue weighted by atomic mass is 10.0. The molecule has 1 fully saturated rings. The van der Waals surface area contributed by atoms with Crippen LogP contribution in [0.2, 0.25) is 0 Å². The number of hydrogen-bond donors (Lipinski definition) is 0. The minimum atomic E-state index is -3.51. The fourth-order valence-electron chi connectivity index (χ4n) is 3.30. The minimum absolute atomic E-state index is 0.0322. The molecule has 3 rings (SSSR count). The van der Waals surface area contributed by atoms with Crippen molar-refractivity contribution in [2.45, 2.75) is 56.5 Å². The van der Waals surface area contributed by atoms with Crippen LogP contribution >= 0.6 is 0 Å². The van der Waals surface area contributed by atoms with E-state index in [2.05, 4.69) is 0 Å². The molecule has 0 radical (unpaired) electrons. The van der Waals surface area contributed by atoms with Crippen molar-refractivity contribution < 1.29 is 17.9 Å². The Bertz CT molecular complexity index is 634. The Kier molecular flexibility index (Phi) is 4.32. The van der Waals surface area contributed by atoms with Crippen molar-refractivity contribution in [2.24, 2.45) is 0 Å². The van der Waals surface area contributed by atoms with Crippen LogP contribution in [0.5, 0.6) is 11.5 Å². The zero-order valence-corrected chi connectivity index (χ0v) is 13.9. The standard InChI is InChI=1S/C16H23NO4S/c1-12-5-3-6-13(2)17(12)22(18,19)14-7-8-15-16(11-14)21-10-4-9-20-15/h7-8,11-13H,3-6,9-10H2,1-2H3. The fourth-order valence-corrected chi connectivity index (χ4v) is 5.19. The molecule has 122 valence electrons. The number of rotatable bonds is 2. The van der Waals surface area contributed by atoms with Crippen molar-refractivity contribution in [3.63, 3.8) is 0 Å². The first kappa shape index (κ1) is 15.6. The number of fused-ring (bicyclic) bond motifs is 1. The van der Waals surface area contributed by atoms with Crippen LogP contribution in [0.25, 0.3) is 0 Å². The van der Waals surface area contributed by atoms with Gasteiger partial charge in [-0.05, 0) is 38.8 Å². The summed E-state index contributed by atoms with van der Waals surface area (Å²) in [7, 11) is -3.51. The van der Waals surface area contributed by atoms with Gasteiger partial charge in [-0.2, -0.15) is 4.31 Å². The SMILES string of the molecule is CC1CCCC(C)N1S(=O)(=O)c1ccc2c(c1)OCCCO2. The van der Waals surface area contributed by atoms with Crippen molar-refractivity contribution in [3.05, 3.63) is 18.2 Å². The number of sulfonamides is 1. The third kappa shape index (κ3) is 2.82. The van der Waals surface area contributed by atoms with E-state index >= 15 is 0 Å². The normalized spacial score (nSPS) is 26.5. The lowest BCUT2D eigenvalue weighted by molar-refractivity contribution is 0.204. The number of hydrogen-bond acceptors (Lipinski definition) is 4. The number of benzene rings is 1. The van der Waals surface area contributed by atoms with Gasteiger partial charge in [0.2, 0.25) is 10.0 Å². The molecule has 2 unspecified atom stereocenters. The highest BCUT2D eigenvalue weighted by Gasteiger charge is 2.36. The predicted octanol–water partition coefficient (Wildman–Crippen LogP) is 2.80. The molecule has 0 bridgehead atoms. The summed E-state index contributed by atoms with van der Waals surface area (Å²) in [5.41, 5.74) is 0. The average molecular weight is 325 g/mol. The molecule has 0 N–H and O–H groups in total. The van der Waals surface area contributed by atoms with Crippen LogP contribution in [0.3, 0.4) is 0 Å². The van der Waals surface area contributed by atoms with E-state index < -0.39 is 10.0 Å². The average Bonchev–Trinajstić information content (AvgIpc) is 2.71. The number of nitrogens with zero attached hydrogens (tertiary/aromatic N) is 1. The van der Waals surface area contributed by atoms with Gasteiger partial charge >= 0.3 is 0 Å². The molecular formula is C16H23NO4S. The van der Waals surface area contributed by atoms with Gasteiger partial charge in [-0.15, -0.1) is 0 Å². The van der Waals surface area contributed by atoms with E-state index in [0.29, 0.717) is 24.7 Å². The summed E-state index contributed by atoms with van der Waals surface area (Å²) in [6, 6.07) is 4.99. The van der Waals surface area contributed by atoms with Gasteiger partial charge in [0.15, 0.2) is 11.5 Å². The van der Waals surface area contributed by atoms with E-state index in [0.717, 1.165) is 25.7 Å². The quantitative estimate of drug-likeness (QED) is 0.839. The van der Waals surface area contributed by atoms with E-state index in [4.69, 9.17) is 9.47 Å². The predicted molar refractivity (Wildman–Crippen MR) is 83.8 cm³/mol. The molecule has 1 saturated heterocycles. The van der Waals surface area contributed by atoms with Crippen molar-refractivity contribution in [3.8, 4) is 11.5 Å². The molecule has 2 heterocycles. The summed E-state index contributed by atoms with van der Waals surface area (Å²) in [6.07, 6.45) is 3.70. The van der Waals surface area contributed by atoms with Crippen LogP contribution in [-0.4, -0.2) is 38.0 Å². The van der Waals surface area contributed by atoms with E-state index in [1.807, 2.05) is 13.8 Å². The molecule has 2 aliphatic heterocycles. The summed E-state index contributed by atoms with van der Waals surface area (Å²) < 4.78 is 38.9. The Morgan fingerprint density at radius 3 is 2.32 bits per heavy atom. The van der Waals surface area contributed by atoms with Gasteiger partial charge in [-0.1, -0.05) is 6.42 Å². The summed E-state index contributed by atoms with van der Waals surface area (Å²) in [6.45, 7) is 5.11. The lowest BCUT2D eigenvalue weighted by Gasteiger charge is -2.37. The van der Waals surface area contributed by atoms with Gasteiger partial charge in [0.25, 0.3) is 0 Å². The minimum Gasteiger partial charge on any atom is -0.490 e. The monoisotopic (exact) mass is 325 g/mol. The highest BCUT2D eigenvalue weighted by Crippen LogP contribution is 2.35. The van der Waals surface area contributed by atoms with E-state index in [1.165, 1.54) is 0 Å². The fraction of sp³-hybridized carbons (Fsp3) is 0.625. The molecule has 0 aromatic heterocycles. The molecular weight excluding hydrogens is 302 g/mol. The van der Waals surface area contributed by atoms with Crippen molar-refractivity contribution in [1.29, 1.82) is 0 Å². The van der Waals surface area contributed by atoms with Gasteiger partial charge in [0.1, 0.15) is 0 Å². The van der Waals surface area contributed by atoms with Crippen LogP contribution in [-0.2, 0) is 10.0 Å². The Hall–Kier alpha value is -1.27. The van der Waals surface area contributed by atoms with Crippen molar-refractivity contribution in [2.75, 3.05) is 13.2 Å². The van der Waals surface area contributed by atoms with Gasteiger partial charge in [-0.3, -0.25) is 0 Å². The summed E-state index contributed by atoms with van der Waals surface area (Å²) in [5, 5.41) is 0. The highest BCUT2D eigenvalue weighted by atomic mass is 32.2. The van der Waals surface area contributed by atoms with Crippen LogP contribution in [0.1, 0.15) is 39.5 Å². The number of ether oxygens (including phenoxy) is 2. The van der Waals surface area contributed by atoms with Gasteiger partial charge in [0, 0.05) is 24.6 Å². The molecule has 1 aromatic carbocycles. The topological polar surface area (TPSA) is 55.8 Å². The smallest absolute Gasteiger partial charge is 0.243 e. The Labute approximate surface area is 132 Å². The second-order valence-corrected chi connectivity index (χ2v) is 7.97. The largest absolute Gasteiger partial charge is 0.490 e. The maximum Gasteiger partial charge on any atom is 0.243 e. The summed E-state index contributed by atoms with van der Waals surface area (Å²) in [4.78, 5) is 0.289. The summed E-state index contributed by atoms with van der Waals surface area (Å²) in [5.74, 6) is 1.15. The molecule has 2 aliphatic rings. The maximum atomic E-state index is 13.0. The van der Waals surface area contributed by atoms with Gasteiger partial charge in [-0.25, -0.2) is 8.42 Å². The first-order chi connectivity index (χ1) is 10.5. The molecule has 6 heteroatoms. The van der Waals surface area contributed by atoms with Gasteiger partial charge < -0.3 is 9.47 Å². The van der Waals surface area contributed by atoms with E-state index in [1.54, 1.807) is 22.5 Å². The third-order valence-electron chi connectivity index (χ3n) is 4.41. The maximum absolute atomic E-state index is 13.0. The molecule has 22 heavy (non-hydrogen) atoms. The Balaban J connectivity index is 1.96. The highest BCUT2D eigenvalue weighted by molar-refractivity contribution is 7.89. The van der Waals surface area contributed by atoms with Gasteiger partial charge in [0.05, 0.1) is 18.1 Å². The van der Waals surface area contributed by atoms with E-state index in [-0.39, 0.29) is 17.0 Å². The van der Waals surface area contributed by atoms with Crippen molar-refractivity contribution >= 4 is 10.0 Å². The summed E-state index contributed by atoms with van der Waals surface area (Å²) >= 11 is 0. The Morgan fingerprint density at radius 1 is 1.00 bits per heavy atom. The zero-order chi connectivity index (χ0) is 15.7. The second kappa shape index (κ2) is 6.08. The zero-order valence-electron chi connectivity index (χ0n) is 13.1. The molecule has 0 amide bonds. The third-order valence-corrected chi connectivity index (χ3v) is 6.53. The molecule has 0 spiro atoms. The second-order valence-electron chi connectivity index (χ2n) is 6.12. The van der Waals surface area contributed by atoms with Crippen LogP contribution in [0.15, 0.2) is 23.1 Å². The van der Waals surface area contributed by atoms with Crippen LogP contribution in [0, 0.1) is 0 Å². The first-order valence-electron chi connectivity index (χ1n) is 7.93. The van der Waals surface area contributed by atoms with Crippen LogP contribution in [0.4, 0.5) is 0 Å². The van der Waals surface area contributed by atoms with Crippen LogP contribution < -0.4 is 9.47 Å². The molecule has 2 atom stereocenters. The molecule has 0 aliphatic carbocycles. The lowest BCUT2D eigenvalue weighted by Crippen LogP contribution is -2.47. The molecule has 1 aromatic rings. The first-order valence-corrected chi connectivity index (χ1v) is 9.37.